The predicted molar refractivity (Wildman–Crippen MR) is 101 cm³/mol. The zero-order valence-electron chi connectivity index (χ0n) is 14.6. The van der Waals surface area contributed by atoms with Gasteiger partial charge in [0.15, 0.2) is 0 Å². The van der Waals surface area contributed by atoms with Crippen molar-refractivity contribution in [1.82, 2.24) is 10.3 Å². The summed E-state index contributed by atoms with van der Waals surface area (Å²) >= 11 is 0. The van der Waals surface area contributed by atoms with E-state index in [9.17, 15) is 18.0 Å². The van der Waals surface area contributed by atoms with Crippen molar-refractivity contribution >= 4 is 22.4 Å². The number of nitrogens with zero attached hydrogens (tertiary/aromatic N) is 1. The molecular formula is C21H16F3N3O. The van der Waals surface area contributed by atoms with Crippen molar-refractivity contribution in [3.63, 3.8) is 0 Å². The number of rotatable bonds is 3. The van der Waals surface area contributed by atoms with Crippen molar-refractivity contribution < 1.29 is 18.0 Å². The lowest BCUT2D eigenvalue weighted by Gasteiger charge is -2.16. The largest absolute Gasteiger partial charge is 0.416 e. The number of alkyl halides is 3. The van der Waals surface area contributed by atoms with Crippen LogP contribution in [-0.4, -0.2) is 17.4 Å². The van der Waals surface area contributed by atoms with E-state index in [0.717, 1.165) is 22.9 Å². The van der Waals surface area contributed by atoms with Crippen LogP contribution in [0.25, 0.3) is 10.8 Å². The molecule has 2 heterocycles. The summed E-state index contributed by atoms with van der Waals surface area (Å²) in [6, 6.07) is 12.3. The minimum absolute atomic E-state index is 0.292. The zero-order chi connectivity index (χ0) is 19.7. The highest BCUT2D eigenvalue weighted by molar-refractivity contribution is 6.09. The van der Waals surface area contributed by atoms with Crippen LogP contribution in [0.1, 0.15) is 17.0 Å². The molecule has 28 heavy (non-hydrogen) atoms. The van der Waals surface area contributed by atoms with Gasteiger partial charge in [0.1, 0.15) is 0 Å². The number of halogens is 3. The average Bonchev–Trinajstić information content (AvgIpc) is 3.18. The van der Waals surface area contributed by atoms with Crippen molar-refractivity contribution in [2.75, 3.05) is 11.9 Å². The molecular weight excluding hydrogens is 367 g/mol. The fourth-order valence-electron chi connectivity index (χ4n) is 3.35. The number of carbonyl (C=O) groups is 1. The maximum Gasteiger partial charge on any atom is 0.416 e. The maximum absolute atomic E-state index is 12.9. The Balaban J connectivity index is 1.57. The van der Waals surface area contributed by atoms with Crippen molar-refractivity contribution in [2.24, 2.45) is 0 Å². The van der Waals surface area contributed by atoms with Gasteiger partial charge in [-0.05, 0) is 29.8 Å². The van der Waals surface area contributed by atoms with Gasteiger partial charge in [0.25, 0.3) is 5.91 Å². The highest BCUT2D eigenvalue weighted by Gasteiger charge is 2.31. The quantitative estimate of drug-likeness (QED) is 0.702. The number of nitrogens with one attached hydrogen (secondary N) is 2. The average molecular weight is 383 g/mol. The van der Waals surface area contributed by atoms with Crippen molar-refractivity contribution in [1.29, 1.82) is 0 Å². The summed E-state index contributed by atoms with van der Waals surface area (Å²) in [6.45, 7) is 0.452. The highest BCUT2D eigenvalue weighted by Crippen LogP contribution is 2.33. The molecule has 0 saturated carbocycles. The number of anilines is 1. The van der Waals surface area contributed by atoms with Crippen LogP contribution in [-0.2, 0) is 11.0 Å². The van der Waals surface area contributed by atoms with Crippen LogP contribution in [0.15, 0.2) is 72.7 Å². The molecule has 1 atom stereocenters. The maximum atomic E-state index is 12.9. The van der Waals surface area contributed by atoms with E-state index in [1.54, 1.807) is 24.7 Å². The molecule has 2 N–H and O–H groups in total. The molecule has 1 amide bonds. The van der Waals surface area contributed by atoms with Gasteiger partial charge >= 0.3 is 6.18 Å². The van der Waals surface area contributed by atoms with Crippen molar-refractivity contribution in [2.45, 2.75) is 12.1 Å². The minimum atomic E-state index is -4.38. The van der Waals surface area contributed by atoms with Gasteiger partial charge in [-0.1, -0.05) is 24.3 Å². The molecule has 0 unspecified atom stereocenters. The topological polar surface area (TPSA) is 54.0 Å². The first-order chi connectivity index (χ1) is 13.4. The number of hydrogen-bond donors (Lipinski definition) is 2. The summed E-state index contributed by atoms with van der Waals surface area (Å²) in [7, 11) is 0. The fourth-order valence-corrected chi connectivity index (χ4v) is 3.35. The number of amides is 1. The van der Waals surface area contributed by atoms with Crippen molar-refractivity contribution in [3.05, 3.63) is 83.8 Å². The smallest absolute Gasteiger partial charge is 0.390 e. The van der Waals surface area contributed by atoms with E-state index in [2.05, 4.69) is 15.6 Å². The summed E-state index contributed by atoms with van der Waals surface area (Å²) in [5.41, 5.74) is 1.08. The number of aromatic nitrogens is 1. The Kier molecular flexibility index (Phi) is 4.50. The summed E-state index contributed by atoms with van der Waals surface area (Å²) in [5.74, 6) is -0.613. The molecule has 0 radical (unpaired) electrons. The first-order valence-corrected chi connectivity index (χ1v) is 8.68. The van der Waals surface area contributed by atoms with Crippen LogP contribution in [0, 0.1) is 0 Å². The van der Waals surface area contributed by atoms with Gasteiger partial charge in [0, 0.05) is 53.1 Å². The third-order valence-corrected chi connectivity index (χ3v) is 4.79. The second kappa shape index (κ2) is 6.99. The van der Waals surface area contributed by atoms with Gasteiger partial charge in [0.05, 0.1) is 5.56 Å². The Morgan fingerprint density at radius 1 is 1.11 bits per heavy atom. The number of carbonyl (C=O) groups excluding carboxylic acids is 1. The van der Waals surface area contributed by atoms with Crippen LogP contribution in [0.2, 0.25) is 0 Å². The number of hydrogen-bond acceptors (Lipinski definition) is 3. The van der Waals surface area contributed by atoms with E-state index in [4.69, 9.17) is 0 Å². The fraction of sp³-hybridized carbons (Fsp3) is 0.143. The van der Waals surface area contributed by atoms with Gasteiger partial charge in [-0.2, -0.15) is 13.2 Å². The summed E-state index contributed by atoms with van der Waals surface area (Å²) in [6.07, 6.45) is 0.599. The molecule has 0 spiro atoms. The molecule has 0 saturated heterocycles. The van der Waals surface area contributed by atoms with Crippen LogP contribution in [0.3, 0.4) is 0 Å². The Bertz CT molecular complexity index is 1050. The molecule has 1 aromatic heterocycles. The summed E-state index contributed by atoms with van der Waals surface area (Å²) in [4.78, 5) is 16.9. The molecule has 0 aliphatic carbocycles. The van der Waals surface area contributed by atoms with Gasteiger partial charge < -0.3 is 10.6 Å². The van der Waals surface area contributed by atoms with E-state index >= 15 is 0 Å². The summed E-state index contributed by atoms with van der Waals surface area (Å²) in [5, 5.41) is 7.69. The monoisotopic (exact) mass is 383 g/mol. The molecule has 4 rings (SSSR count). The van der Waals surface area contributed by atoms with Gasteiger partial charge in [-0.3, -0.25) is 9.78 Å². The van der Waals surface area contributed by atoms with E-state index < -0.39 is 11.7 Å². The number of benzene rings is 2. The number of pyridine rings is 1. The first kappa shape index (κ1) is 18.0. The normalized spacial score (nSPS) is 16.5. The SMILES string of the molecule is O=C(Nc1cccc2cnccc12)C1=CNC[C@@H]1c1ccc(C(F)(F)F)cc1. The lowest BCUT2D eigenvalue weighted by Crippen LogP contribution is -2.19. The first-order valence-electron chi connectivity index (χ1n) is 8.68. The summed E-state index contributed by atoms with van der Waals surface area (Å²) < 4.78 is 38.3. The minimum Gasteiger partial charge on any atom is -0.390 e. The second-order valence-corrected chi connectivity index (χ2v) is 6.54. The van der Waals surface area contributed by atoms with Crippen LogP contribution < -0.4 is 10.6 Å². The highest BCUT2D eigenvalue weighted by atomic mass is 19.4. The van der Waals surface area contributed by atoms with E-state index in [1.165, 1.54) is 12.1 Å². The Morgan fingerprint density at radius 3 is 2.64 bits per heavy atom. The Hall–Kier alpha value is -3.35. The third kappa shape index (κ3) is 3.43. The van der Waals surface area contributed by atoms with E-state index in [-0.39, 0.29) is 11.8 Å². The van der Waals surface area contributed by atoms with E-state index in [0.29, 0.717) is 23.4 Å². The molecule has 4 nitrogen and oxygen atoms in total. The second-order valence-electron chi connectivity index (χ2n) is 6.54. The molecule has 142 valence electrons. The van der Waals surface area contributed by atoms with E-state index in [1.807, 2.05) is 18.2 Å². The number of fused-ring (bicyclic) bond motifs is 1. The molecule has 7 heteroatoms. The molecule has 1 aliphatic heterocycles. The Labute approximate surface area is 159 Å². The van der Waals surface area contributed by atoms with Gasteiger partial charge in [-0.25, -0.2) is 0 Å². The lowest BCUT2D eigenvalue weighted by molar-refractivity contribution is -0.137. The molecule has 0 fully saturated rings. The van der Waals surface area contributed by atoms with Crippen LogP contribution in [0.4, 0.5) is 18.9 Å². The van der Waals surface area contributed by atoms with Crippen molar-refractivity contribution in [3.8, 4) is 0 Å². The van der Waals surface area contributed by atoms with Gasteiger partial charge in [-0.15, -0.1) is 0 Å². The Morgan fingerprint density at radius 2 is 1.89 bits per heavy atom. The standard InChI is InChI=1S/C21H16F3N3O/c22-21(23,24)15-6-4-13(5-7-15)17-11-26-12-18(17)20(28)27-19-3-1-2-14-10-25-9-8-16(14)19/h1-10,12,17,26H,11H2,(H,27,28)/t17-/m1/s1. The van der Waals surface area contributed by atoms with Gasteiger partial charge in [0.2, 0.25) is 0 Å². The molecule has 3 aromatic rings. The molecule has 0 bridgehead atoms. The third-order valence-electron chi connectivity index (χ3n) is 4.79. The lowest BCUT2D eigenvalue weighted by atomic mass is 9.92. The predicted octanol–water partition coefficient (Wildman–Crippen LogP) is 4.46. The molecule has 2 aromatic carbocycles. The molecule has 1 aliphatic rings. The zero-order valence-corrected chi connectivity index (χ0v) is 14.6. The van der Waals surface area contributed by atoms with Crippen LogP contribution >= 0.6 is 0 Å². The van der Waals surface area contributed by atoms with Crippen LogP contribution in [0.5, 0.6) is 0 Å².